The van der Waals surface area contributed by atoms with Gasteiger partial charge in [0.1, 0.15) is 10.6 Å². The first-order chi connectivity index (χ1) is 9.84. The first-order valence-corrected chi connectivity index (χ1v) is 8.63. The summed E-state index contributed by atoms with van der Waals surface area (Å²) in [6.45, 7) is 2.47. The van der Waals surface area contributed by atoms with Crippen LogP contribution < -0.4 is 10.5 Å². The number of aryl methyl sites for hydroxylation is 1. The van der Waals surface area contributed by atoms with Crippen molar-refractivity contribution in [1.29, 1.82) is 0 Å². The second-order valence-corrected chi connectivity index (χ2v) is 6.96. The highest BCUT2D eigenvalue weighted by molar-refractivity contribution is 8.14. The van der Waals surface area contributed by atoms with E-state index in [1.807, 2.05) is 0 Å². The molecule has 0 unspecified atom stereocenters. The summed E-state index contributed by atoms with van der Waals surface area (Å²) in [7, 11) is 1.56. The Morgan fingerprint density at radius 2 is 2.14 bits per heavy atom. The smallest absolute Gasteiger partial charge is 0.263 e. The summed E-state index contributed by atoms with van der Waals surface area (Å²) in [6.07, 6.45) is 1.50. The number of amides is 1. The Hall–Kier alpha value is -1.73. The van der Waals surface area contributed by atoms with Gasteiger partial charge in [0.2, 0.25) is 5.91 Å². The lowest BCUT2D eigenvalue weighted by atomic mass is 10.2. The highest BCUT2D eigenvalue weighted by Crippen LogP contribution is 2.35. The molecule has 0 atom stereocenters. The van der Waals surface area contributed by atoms with Crippen molar-refractivity contribution in [3.63, 3.8) is 0 Å². The van der Waals surface area contributed by atoms with Crippen LogP contribution in [0.15, 0.2) is 29.3 Å². The third kappa shape index (κ3) is 3.30. The molecule has 0 radical (unpaired) electrons. The van der Waals surface area contributed by atoms with E-state index in [-0.39, 0.29) is 17.9 Å². The minimum Gasteiger partial charge on any atom is -0.493 e. The van der Waals surface area contributed by atoms with Crippen LogP contribution in [0.1, 0.15) is 13.3 Å². The fourth-order valence-electron chi connectivity index (χ4n) is 2.16. The molecule has 114 valence electrons. The molecule has 1 amide bonds. The maximum Gasteiger partial charge on any atom is 0.263 e. The number of rotatable bonds is 6. The number of hydrogen-bond acceptors (Lipinski definition) is 4. The van der Waals surface area contributed by atoms with E-state index in [9.17, 15) is 13.2 Å². The second-order valence-electron chi connectivity index (χ2n) is 4.42. The van der Waals surface area contributed by atoms with Crippen LogP contribution in [-0.2, 0) is 20.4 Å². The predicted molar refractivity (Wildman–Crippen MR) is 80.0 cm³/mol. The van der Waals surface area contributed by atoms with E-state index >= 15 is 0 Å². The molecule has 1 aromatic carbocycles. The monoisotopic (exact) mass is 330 g/mol. The standard InChI is InChI=1S/C13H15ClN2O4S/c1-2-20-10-5-3-4-9-13(10)11(21(14,18)19)8-16(9)7-6-12(15)17/h3-5,8H,2,6-7H2,1H3,(H2,15,17). The van der Waals surface area contributed by atoms with E-state index in [4.69, 9.17) is 21.2 Å². The quantitative estimate of drug-likeness (QED) is 0.818. The van der Waals surface area contributed by atoms with Crippen LogP contribution in [0.25, 0.3) is 10.9 Å². The molecular formula is C13H15ClN2O4S. The van der Waals surface area contributed by atoms with Crippen LogP contribution in [0.2, 0.25) is 0 Å². The van der Waals surface area contributed by atoms with Gasteiger partial charge in [-0.25, -0.2) is 8.42 Å². The Bertz CT molecular complexity index is 783. The highest BCUT2D eigenvalue weighted by atomic mass is 35.7. The van der Waals surface area contributed by atoms with Crippen LogP contribution in [-0.4, -0.2) is 25.5 Å². The van der Waals surface area contributed by atoms with Crippen LogP contribution in [0, 0.1) is 0 Å². The zero-order valence-corrected chi connectivity index (χ0v) is 12.9. The van der Waals surface area contributed by atoms with Gasteiger partial charge in [-0.15, -0.1) is 0 Å². The number of primary amides is 1. The molecule has 1 heterocycles. The van der Waals surface area contributed by atoms with Gasteiger partial charge in [-0.1, -0.05) is 6.07 Å². The lowest BCUT2D eigenvalue weighted by Crippen LogP contribution is -2.13. The van der Waals surface area contributed by atoms with Gasteiger partial charge >= 0.3 is 0 Å². The number of halogens is 1. The van der Waals surface area contributed by atoms with Crippen molar-refractivity contribution >= 4 is 36.5 Å². The van der Waals surface area contributed by atoms with Gasteiger partial charge in [0, 0.05) is 29.8 Å². The summed E-state index contributed by atoms with van der Waals surface area (Å²) in [5.74, 6) is -0.0276. The van der Waals surface area contributed by atoms with Crippen molar-refractivity contribution in [1.82, 2.24) is 4.57 Å². The van der Waals surface area contributed by atoms with Crippen LogP contribution in [0.5, 0.6) is 5.75 Å². The van der Waals surface area contributed by atoms with Crippen LogP contribution in [0.3, 0.4) is 0 Å². The Labute approximate surface area is 126 Å². The molecule has 2 rings (SSSR count). The third-order valence-electron chi connectivity index (χ3n) is 2.99. The van der Waals surface area contributed by atoms with E-state index in [2.05, 4.69) is 0 Å². The number of carbonyl (C=O) groups excluding carboxylic acids is 1. The Kier molecular flexibility index (Phi) is 4.43. The summed E-state index contributed by atoms with van der Waals surface area (Å²) in [5.41, 5.74) is 5.76. The maximum atomic E-state index is 11.8. The minimum absolute atomic E-state index is 0.0345. The number of ether oxygens (including phenoxy) is 1. The minimum atomic E-state index is -3.93. The number of hydrogen-bond donors (Lipinski definition) is 1. The van der Waals surface area contributed by atoms with Crippen molar-refractivity contribution in [2.24, 2.45) is 5.73 Å². The number of benzene rings is 1. The van der Waals surface area contributed by atoms with E-state index < -0.39 is 15.0 Å². The molecule has 6 nitrogen and oxygen atoms in total. The van der Waals surface area contributed by atoms with Gasteiger partial charge in [0.05, 0.1) is 17.5 Å². The van der Waals surface area contributed by atoms with Crippen LogP contribution in [0.4, 0.5) is 0 Å². The van der Waals surface area contributed by atoms with Crippen LogP contribution >= 0.6 is 10.7 Å². The number of fused-ring (bicyclic) bond motifs is 1. The molecule has 0 aliphatic heterocycles. The summed E-state index contributed by atoms with van der Waals surface area (Å²) in [5, 5.41) is 0.416. The first kappa shape index (κ1) is 15.7. The fourth-order valence-corrected chi connectivity index (χ4v) is 3.21. The van der Waals surface area contributed by atoms with E-state index in [0.717, 1.165) is 0 Å². The Balaban J connectivity index is 2.67. The number of nitrogens with zero attached hydrogens (tertiary/aromatic N) is 1. The summed E-state index contributed by atoms with van der Waals surface area (Å²) >= 11 is 0. The molecule has 0 aliphatic carbocycles. The highest BCUT2D eigenvalue weighted by Gasteiger charge is 2.22. The topological polar surface area (TPSA) is 91.4 Å². The third-order valence-corrected chi connectivity index (χ3v) is 4.33. The normalized spacial score (nSPS) is 11.7. The lowest BCUT2D eigenvalue weighted by Gasteiger charge is -2.07. The van der Waals surface area contributed by atoms with Gasteiger partial charge in [-0.05, 0) is 19.1 Å². The van der Waals surface area contributed by atoms with E-state index in [1.165, 1.54) is 6.20 Å². The van der Waals surface area contributed by atoms with Crippen molar-refractivity contribution in [2.45, 2.75) is 24.8 Å². The second kappa shape index (κ2) is 5.95. The van der Waals surface area contributed by atoms with Gasteiger partial charge in [-0.3, -0.25) is 4.79 Å². The van der Waals surface area contributed by atoms with Gasteiger partial charge < -0.3 is 15.0 Å². The maximum absolute atomic E-state index is 11.8. The molecule has 8 heteroatoms. The largest absolute Gasteiger partial charge is 0.493 e. The van der Waals surface area contributed by atoms with Gasteiger partial charge in [0.25, 0.3) is 9.05 Å². The fraction of sp³-hybridized carbons (Fsp3) is 0.308. The van der Waals surface area contributed by atoms with Crippen molar-refractivity contribution in [3.05, 3.63) is 24.4 Å². The lowest BCUT2D eigenvalue weighted by molar-refractivity contribution is -0.118. The van der Waals surface area contributed by atoms with Crippen molar-refractivity contribution < 1.29 is 17.9 Å². The average molecular weight is 331 g/mol. The number of aromatic nitrogens is 1. The molecule has 1 aromatic heterocycles. The molecule has 2 aromatic rings. The molecule has 2 N–H and O–H groups in total. The summed E-state index contributed by atoms with van der Waals surface area (Å²) in [6, 6.07) is 5.17. The molecule has 0 spiro atoms. The molecule has 0 saturated heterocycles. The molecule has 0 fully saturated rings. The number of nitrogens with two attached hydrogens (primary N) is 1. The summed E-state index contributed by atoms with van der Waals surface area (Å²) < 4.78 is 30.6. The van der Waals surface area contributed by atoms with Crippen molar-refractivity contribution in [3.8, 4) is 5.75 Å². The van der Waals surface area contributed by atoms with Gasteiger partial charge in [-0.2, -0.15) is 0 Å². The van der Waals surface area contributed by atoms with Gasteiger partial charge in [0.15, 0.2) is 0 Å². The SMILES string of the molecule is CCOc1cccc2c1c(S(=O)(=O)Cl)cn2CCC(N)=O. The molecule has 0 bridgehead atoms. The molecule has 0 aliphatic rings. The molecule has 21 heavy (non-hydrogen) atoms. The van der Waals surface area contributed by atoms with E-state index in [1.54, 1.807) is 29.7 Å². The first-order valence-electron chi connectivity index (χ1n) is 6.32. The Morgan fingerprint density at radius 3 is 2.71 bits per heavy atom. The zero-order valence-electron chi connectivity index (χ0n) is 11.4. The van der Waals surface area contributed by atoms with Crippen molar-refractivity contribution in [2.75, 3.05) is 6.61 Å². The molecule has 0 saturated carbocycles. The molecular weight excluding hydrogens is 316 g/mol. The Morgan fingerprint density at radius 1 is 1.43 bits per heavy atom. The predicted octanol–water partition coefficient (Wildman–Crippen LogP) is 1.84. The van der Waals surface area contributed by atoms with E-state index in [0.29, 0.717) is 23.3 Å². The summed E-state index contributed by atoms with van der Waals surface area (Å²) in [4.78, 5) is 10.9. The number of carbonyl (C=O) groups is 1. The average Bonchev–Trinajstić information content (AvgIpc) is 2.76. The zero-order chi connectivity index (χ0) is 15.6.